The fourth-order valence-electron chi connectivity index (χ4n) is 3.22. The predicted molar refractivity (Wildman–Crippen MR) is 137 cm³/mol. The largest absolute Gasteiger partial charge is 0.523 e. The number of rotatable bonds is 4. The Morgan fingerprint density at radius 3 is 2.08 bits per heavy atom. The molecule has 0 saturated carbocycles. The average Bonchev–Trinajstić information content (AvgIpc) is 3.73. The molecular formula is C28H26IrN9O-3. The van der Waals surface area contributed by atoms with Crippen LogP contribution in [0.5, 0.6) is 5.75 Å². The van der Waals surface area contributed by atoms with Crippen LogP contribution in [0, 0.1) is 31.7 Å². The van der Waals surface area contributed by atoms with E-state index in [1.807, 2.05) is 99.6 Å². The number of methoxy groups -OCH3 is 1. The maximum atomic E-state index is 5.13. The van der Waals surface area contributed by atoms with Gasteiger partial charge in [-0.15, -0.1) is 12.1 Å². The second-order valence-corrected chi connectivity index (χ2v) is 8.04. The molecule has 0 aliphatic heterocycles. The molecule has 0 N–H and O–H groups in total. The first-order chi connectivity index (χ1) is 18.5. The number of ether oxygens (including phenoxy) is 1. The number of hydrogen-bond acceptors (Lipinski definition) is 5. The summed E-state index contributed by atoms with van der Waals surface area (Å²) in [6.07, 6.45) is 15.6. The zero-order valence-electron chi connectivity index (χ0n) is 21.8. The molecule has 4 heterocycles. The van der Waals surface area contributed by atoms with Gasteiger partial charge in [0.1, 0.15) is 0 Å². The van der Waals surface area contributed by atoms with Gasteiger partial charge in [0, 0.05) is 56.8 Å². The monoisotopic (exact) mass is 697 g/mol. The second kappa shape index (κ2) is 14.5. The van der Waals surface area contributed by atoms with Crippen LogP contribution in [-0.2, 0) is 34.2 Å². The first kappa shape index (κ1) is 29.1. The van der Waals surface area contributed by atoms with Gasteiger partial charge in [-0.2, -0.15) is 47.2 Å². The normalized spacial score (nSPS) is 9.85. The van der Waals surface area contributed by atoms with Crippen molar-refractivity contribution in [1.82, 2.24) is 34.7 Å². The van der Waals surface area contributed by atoms with Crippen LogP contribution in [0.3, 0.4) is 0 Å². The Morgan fingerprint density at radius 1 is 0.897 bits per heavy atom. The zero-order chi connectivity index (χ0) is 26.7. The average molecular weight is 697 g/mol. The molecule has 0 amide bonds. The number of pyridine rings is 1. The third-order valence-corrected chi connectivity index (χ3v) is 5.08. The summed E-state index contributed by atoms with van der Waals surface area (Å²) in [4.78, 5) is 4.02. The Kier molecular flexibility index (Phi) is 10.8. The van der Waals surface area contributed by atoms with E-state index in [2.05, 4.69) is 63.4 Å². The van der Waals surface area contributed by atoms with Crippen LogP contribution < -0.4 is 19.0 Å². The molecule has 1 radical (unpaired) electrons. The number of imidazole rings is 2. The minimum Gasteiger partial charge on any atom is -0.523 e. The molecule has 0 fully saturated rings. The van der Waals surface area contributed by atoms with Gasteiger partial charge in [-0.1, -0.05) is 24.4 Å². The van der Waals surface area contributed by atoms with Gasteiger partial charge in [0.2, 0.25) is 12.7 Å². The molecule has 0 saturated heterocycles. The van der Waals surface area contributed by atoms with Crippen molar-refractivity contribution in [3.05, 3.63) is 116 Å². The van der Waals surface area contributed by atoms with Gasteiger partial charge in [0.15, 0.2) is 0 Å². The number of tetrazole rings is 1. The molecule has 201 valence electrons. The number of benzene rings is 2. The van der Waals surface area contributed by atoms with E-state index in [4.69, 9.17) is 4.74 Å². The van der Waals surface area contributed by atoms with Crippen LogP contribution in [0.2, 0.25) is 0 Å². The van der Waals surface area contributed by atoms with E-state index >= 15 is 0 Å². The molecule has 2 aromatic carbocycles. The molecule has 0 atom stereocenters. The fourth-order valence-corrected chi connectivity index (χ4v) is 3.22. The SMILES string of the molecule is COc1cc[c-]c(-n2[c-][n+](C)cc2)c1.Cc1cc[c-]c(-n2[c-][n+](C)cc2)c1.[Ir].c1ccc(-c2nnn[n-]2)nc1. The Morgan fingerprint density at radius 2 is 1.56 bits per heavy atom. The van der Waals surface area contributed by atoms with E-state index in [-0.39, 0.29) is 20.1 Å². The molecule has 0 bridgehead atoms. The van der Waals surface area contributed by atoms with Crippen molar-refractivity contribution < 1.29 is 34.0 Å². The van der Waals surface area contributed by atoms with Crippen LogP contribution in [0.4, 0.5) is 0 Å². The number of aromatic nitrogens is 9. The standard InChI is InChI=1S/C11H11N2O.C11H11N2.C6H4N5.Ir/c1-12-6-7-13(9-12)10-4-3-5-11(8-10)14-2;1-10-4-3-5-11(8-10)13-7-6-12(2)9-13;1-2-4-7-5(3-1)6-8-10-11-9-6;/h3,5-8H,1-2H3;3-4,6-8H,1-2H3;1-4H;/q3*-1;. The molecule has 0 spiro atoms. The molecular weight excluding hydrogens is 671 g/mol. The molecule has 6 rings (SSSR count). The van der Waals surface area contributed by atoms with Crippen molar-refractivity contribution in [3.63, 3.8) is 0 Å². The summed E-state index contributed by atoms with van der Waals surface area (Å²) in [6.45, 7) is 2.07. The van der Waals surface area contributed by atoms with Gasteiger partial charge in [0.05, 0.1) is 32.7 Å². The van der Waals surface area contributed by atoms with E-state index in [9.17, 15) is 0 Å². The maximum absolute atomic E-state index is 5.13. The van der Waals surface area contributed by atoms with Crippen molar-refractivity contribution in [3.8, 4) is 28.6 Å². The van der Waals surface area contributed by atoms with Crippen LogP contribution in [-0.4, -0.2) is 36.8 Å². The molecule has 39 heavy (non-hydrogen) atoms. The predicted octanol–water partition coefficient (Wildman–Crippen LogP) is 2.01. The third-order valence-electron chi connectivity index (χ3n) is 5.08. The van der Waals surface area contributed by atoms with E-state index in [0.717, 1.165) is 17.1 Å². The van der Waals surface area contributed by atoms with Crippen molar-refractivity contribution in [2.75, 3.05) is 7.11 Å². The van der Waals surface area contributed by atoms with Gasteiger partial charge in [-0.05, 0) is 12.1 Å². The topological polar surface area (TPSA) is 92.5 Å². The molecule has 0 aliphatic carbocycles. The van der Waals surface area contributed by atoms with Crippen molar-refractivity contribution in [2.45, 2.75) is 6.92 Å². The first-order valence-corrected chi connectivity index (χ1v) is 11.6. The fraction of sp³-hybridized carbons (Fsp3) is 0.143. The van der Waals surface area contributed by atoms with Gasteiger partial charge >= 0.3 is 0 Å². The third kappa shape index (κ3) is 8.52. The van der Waals surface area contributed by atoms with Crippen LogP contribution in [0.1, 0.15) is 5.56 Å². The molecule has 0 aliphatic rings. The summed E-state index contributed by atoms with van der Waals surface area (Å²) in [5, 5.41) is 14.0. The minimum absolute atomic E-state index is 0. The molecule has 0 unspecified atom stereocenters. The summed E-state index contributed by atoms with van der Waals surface area (Å²) < 4.78 is 12.7. The van der Waals surface area contributed by atoms with Crippen molar-refractivity contribution in [1.29, 1.82) is 0 Å². The van der Waals surface area contributed by atoms with Gasteiger partial charge in [-0.25, -0.2) is 0 Å². The maximum Gasteiger partial charge on any atom is 0.241 e. The number of hydrogen-bond donors (Lipinski definition) is 0. The Hall–Kier alpha value is -4.47. The zero-order valence-corrected chi connectivity index (χ0v) is 24.2. The van der Waals surface area contributed by atoms with Crippen LogP contribution in [0.25, 0.3) is 22.9 Å². The second-order valence-electron chi connectivity index (χ2n) is 8.04. The van der Waals surface area contributed by atoms with Gasteiger partial charge in [-0.3, -0.25) is 15.3 Å². The van der Waals surface area contributed by atoms with E-state index in [0.29, 0.717) is 11.5 Å². The number of aryl methyl sites for hydroxylation is 3. The van der Waals surface area contributed by atoms with Gasteiger partial charge < -0.3 is 28.1 Å². The summed E-state index contributed by atoms with van der Waals surface area (Å²) >= 11 is 0. The molecule has 4 aromatic heterocycles. The van der Waals surface area contributed by atoms with E-state index in [1.165, 1.54) is 5.56 Å². The summed E-state index contributed by atoms with van der Waals surface area (Å²) in [6, 6.07) is 23.4. The molecule has 10 nitrogen and oxygen atoms in total. The van der Waals surface area contributed by atoms with Crippen LogP contribution in [0.15, 0.2) is 85.6 Å². The summed E-state index contributed by atoms with van der Waals surface area (Å²) in [7, 11) is 5.53. The van der Waals surface area contributed by atoms with Gasteiger partial charge in [0.25, 0.3) is 0 Å². The minimum atomic E-state index is 0. The Bertz CT molecular complexity index is 1550. The Labute approximate surface area is 240 Å². The first-order valence-electron chi connectivity index (χ1n) is 11.6. The summed E-state index contributed by atoms with van der Waals surface area (Å²) in [5.41, 5.74) is 3.88. The van der Waals surface area contributed by atoms with Crippen LogP contribution >= 0.6 is 0 Å². The van der Waals surface area contributed by atoms with E-state index in [1.54, 1.807) is 19.4 Å². The smallest absolute Gasteiger partial charge is 0.241 e. The quantitative estimate of drug-likeness (QED) is 0.207. The Balaban J connectivity index is 0.000000161. The van der Waals surface area contributed by atoms with Crippen molar-refractivity contribution >= 4 is 0 Å². The number of nitrogens with zero attached hydrogens (tertiary/aromatic N) is 9. The van der Waals surface area contributed by atoms with E-state index < -0.39 is 0 Å². The molecule has 6 aromatic rings. The van der Waals surface area contributed by atoms with Crippen molar-refractivity contribution in [2.24, 2.45) is 14.1 Å². The molecule has 11 heteroatoms. The summed E-state index contributed by atoms with van der Waals surface area (Å²) in [5.74, 6) is 1.29.